The molecule has 2 aromatic carbocycles. The second-order valence-electron chi connectivity index (χ2n) is 17.0. The van der Waals surface area contributed by atoms with Crippen LogP contribution in [0.2, 0.25) is 0 Å². The third-order valence-corrected chi connectivity index (χ3v) is 12.6. The number of H-pyrrole nitrogens is 2. The number of carbonyl (C=O) groups is 4. The smallest absolute Gasteiger partial charge is 0.407 e. The van der Waals surface area contributed by atoms with Crippen LogP contribution in [0.5, 0.6) is 0 Å². The Kier molecular flexibility index (Phi) is 10.8. The van der Waals surface area contributed by atoms with Crippen molar-refractivity contribution >= 4 is 34.8 Å². The molecule has 2 aliphatic heterocycles. The molecule has 15 nitrogen and oxygen atoms in total. The molecule has 3 amide bonds. The lowest BCUT2D eigenvalue weighted by Crippen LogP contribution is -2.51. The number of imidazole rings is 2. The first-order valence-corrected chi connectivity index (χ1v) is 21.0. The lowest BCUT2D eigenvalue weighted by molar-refractivity contribution is -0.136. The monoisotopic (exact) mass is 859 g/mol. The molecule has 0 bridgehead atoms. The number of ether oxygens (including phenoxy) is 2. The van der Waals surface area contributed by atoms with Gasteiger partial charge in [0.15, 0.2) is 0 Å². The molecule has 4 N–H and O–H groups in total. The molecule has 6 aromatic rings. The summed E-state index contributed by atoms with van der Waals surface area (Å²) < 4.78 is 41.3. The lowest BCUT2D eigenvalue weighted by Gasteiger charge is -2.31. The number of nitrogens with one attached hydrogen (secondary N) is 4. The zero-order valence-corrected chi connectivity index (χ0v) is 35.2. The third kappa shape index (κ3) is 8.03. The number of Topliss-reactive ketones (excluding diaryl/α,β-unsaturated/α-hetero) is 1. The summed E-state index contributed by atoms with van der Waals surface area (Å²) in [5.74, 6) is -3.77. The Balaban J connectivity index is 0.889. The topological polar surface area (TPSA) is 189 Å². The van der Waals surface area contributed by atoms with Crippen molar-refractivity contribution < 1.29 is 37.4 Å². The first-order chi connectivity index (χ1) is 30.3. The van der Waals surface area contributed by atoms with Crippen molar-refractivity contribution in [3.63, 3.8) is 0 Å². The van der Waals surface area contributed by atoms with Crippen LogP contribution in [0, 0.1) is 5.92 Å². The number of aromatic amines is 2. The molecular formula is C46H47F2N9O6. The van der Waals surface area contributed by atoms with Crippen LogP contribution in [-0.4, -0.2) is 97.0 Å². The van der Waals surface area contributed by atoms with E-state index in [0.29, 0.717) is 24.5 Å². The Bertz CT molecular complexity index is 2720. The number of hydrogen-bond acceptors (Lipinski definition) is 9. The Labute approximate surface area is 361 Å². The molecule has 5 atom stereocenters. The Morgan fingerprint density at radius 2 is 1.56 bits per heavy atom. The van der Waals surface area contributed by atoms with Gasteiger partial charge in [-0.3, -0.25) is 14.6 Å². The van der Waals surface area contributed by atoms with Gasteiger partial charge < -0.3 is 39.5 Å². The van der Waals surface area contributed by atoms with Crippen LogP contribution in [0.15, 0.2) is 79.4 Å². The molecule has 4 aromatic heterocycles. The first-order valence-electron chi connectivity index (χ1n) is 21.0. The predicted molar refractivity (Wildman–Crippen MR) is 228 cm³/mol. The number of benzene rings is 2. The number of halogens is 2. The molecule has 1 aliphatic carbocycles. The fourth-order valence-corrected chi connectivity index (χ4v) is 9.35. The van der Waals surface area contributed by atoms with Crippen LogP contribution in [0.1, 0.15) is 73.9 Å². The number of aryl methyl sites for hydroxylation is 1. The average Bonchev–Trinajstić information content (AvgIpc) is 4.10. The van der Waals surface area contributed by atoms with Crippen LogP contribution in [0.25, 0.3) is 44.5 Å². The van der Waals surface area contributed by atoms with Crippen LogP contribution in [-0.2, 0) is 32.0 Å². The Morgan fingerprint density at radius 3 is 2.30 bits per heavy atom. The van der Waals surface area contributed by atoms with E-state index in [1.807, 2.05) is 54.7 Å². The summed E-state index contributed by atoms with van der Waals surface area (Å²) in [6, 6.07) is 15.5. The van der Waals surface area contributed by atoms with Gasteiger partial charge in [-0.1, -0.05) is 50.2 Å². The molecule has 1 saturated heterocycles. The number of alkyl carbamates (subject to hydrolysis) is 2. The minimum atomic E-state index is -3.13. The largest absolute Gasteiger partial charge is 0.453 e. The maximum atomic E-state index is 14.8. The summed E-state index contributed by atoms with van der Waals surface area (Å²) in [4.78, 5) is 73.1. The first kappa shape index (κ1) is 41.4. The lowest BCUT2D eigenvalue weighted by atomic mass is 9.79. The van der Waals surface area contributed by atoms with E-state index in [2.05, 4.69) is 41.0 Å². The zero-order chi connectivity index (χ0) is 44.2. The van der Waals surface area contributed by atoms with E-state index in [0.717, 1.165) is 61.4 Å². The highest BCUT2D eigenvalue weighted by molar-refractivity contribution is 5.90. The number of aromatic nitrogens is 6. The molecule has 1 unspecified atom stereocenters. The number of carbonyl (C=O) groups excluding carboxylic acids is 4. The molecule has 0 spiro atoms. The predicted octanol–water partition coefficient (Wildman–Crippen LogP) is 7.28. The fraction of sp³-hybridized carbons (Fsp3) is 0.370. The summed E-state index contributed by atoms with van der Waals surface area (Å²) in [6.45, 7) is 3.23. The van der Waals surface area contributed by atoms with Crippen molar-refractivity contribution in [2.24, 2.45) is 5.92 Å². The van der Waals surface area contributed by atoms with Gasteiger partial charge in [0.05, 0.1) is 62.0 Å². The highest BCUT2D eigenvalue weighted by Gasteiger charge is 2.50. The summed E-state index contributed by atoms with van der Waals surface area (Å²) in [6.07, 6.45) is 6.92. The number of hydrogen-bond donors (Lipinski definition) is 4. The normalized spacial score (nSPS) is 20.9. The van der Waals surface area contributed by atoms with Gasteiger partial charge in [-0.25, -0.2) is 28.3 Å². The molecule has 0 saturated carbocycles. The minimum absolute atomic E-state index is 0.0644. The van der Waals surface area contributed by atoms with Gasteiger partial charge in [-0.2, -0.15) is 0 Å². The summed E-state index contributed by atoms with van der Waals surface area (Å²) in [7, 11) is 2.50. The highest BCUT2D eigenvalue weighted by atomic mass is 19.3. The van der Waals surface area contributed by atoms with Crippen LogP contribution in [0.4, 0.5) is 18.4 Å². The zero-order valence-electron chi connectivity index (χ0n) is 35.2. The number of fused-ring (bicyclic) bond motifs is 1. The molecule has 9 rings (SSSR count). The van der Waals surface area contributed by atoms with E-state index in [4.69, 9.17) is 14.7 Å². The van der Waals surface area contributed by atoms with E-state index in [-0.39, 0.29) is 35.9 Å². The third-order valence-electron chi connectivity index (χ3n) is 12.6. The Hall–Kier alpha value is -6.91. The van der Waals surface area contributed by atoms with E-state index >= 15 is 0 Å². The van der Waals surface area contributed by atoms with Crippen molar-refractivity contribution in [1.29, 1.82) is 0 Å². The second kappa shape index (κ2) is 16.4. The number of pyridine rings is 1. The molecule has 1 fully saturated rings. The summed E-state index contributed by atoms with van der Waals surface area (Å²) in [5.41, 5.74) is 7.81. The summed E-state index contributed by atoms with van der Waals surface area (Å²) in [5, 5.41) is 6.30. The van der Waals surface area contributed by atoms with Crippen molar-refractivity contribution in [2.45, 2.75) is 82.0 Å². The SMILES string of the molecule is COC(=O)N[C@H]1CCc2ccn3c2C1C(=O)C[C@H](c1ncc(-c2cnc4cc(-c5ccc(-c6cnc([C@@H]7CC(F)(F)CN7C(=O)[C@@H](NC(=O)OC)C(C)C)[nH]6)cc5)ccc4c2)[nH]1)C3. The van der Waals surface area contributed by atoms with Gasteiger partial charge in [-0.15, -0.1) is 0 Å². The van der Waals surface area contributed by atoms with Gasteiger partial charge in [0.25, 0.3) is 5.92 Å². The molecule has 6 heterocycles. The maximum absolute atomic E-state index is 14.8. The number of alkyl halides is 2. The molecule has 326 valence electrons. The number of amides is 3. The van der Waals surface area contributed by atoms with Crippen molar-refractivity contribution in [1.82, 2.24) is 45.0 Å². The minimum Gasteiger partial charge on any atom is -0.453 e. The number of methoxy groups -OCH3 is 2. The van der Waals surface area contributed by atoms with Gasteiger partial charge in [0, 0.05) is 60.4 Å². The molecule has 0 radical (unpaired) electrons. The number of rotatable bonds is 9. The van der Waals surface area contributed by atoms with Crippen LogP contribution < -0.4 is 10.6 Å². The van der Waals surface area contributed by atoms with E-state index in [1.54, 1.807) is 32.4 Å². The number of nitrogens with zero attached hydrogens (tertiary/aromatic N) is 5. The Morgan fingerprint density at radius 1 is 0.857 bits per heavy atom. The molecule has 3 aliphatic rings. The van der Waals surface area contributed by atoms with Gasteiger partial charge in [0.1, 0.15) is 23.5 Å². The fourth-order valence-electron chi connectivity index (χ4n) is 9.35. The maximum Gasteiger partial charge on any atom is 0.407 e. The van der Waals surface area contributed by atoms with E-state index in [1.165, 1.54) is 14.2 Å². The summed E-state index contributed by atoms with van der Waals surface area (Å²) >= 11 is 0. The van der Waals surface area contributed by atoms with Crippen LogP contribution in [0.3, 0.4) is 0 Å². The van der Waals surface area contributed by atoms with Crippen molar-refractivity contribution in [2.75, 3.05) is 20.8 Å². The number of likely N-dealkylation sites (tertiary alicyclic amines) is 1. The second-order valence-corrected chi connectivity index (χ2v) is 17.0. The van der Waals surface area contributed by atoms with Gasteiger partial charge in [-0.05, 0) is 59.2 Å². The molecule has 63 heavy (non-hydrogen) atoms. The van der Waals surface area contributed by atoms with Crippen LogP contribution >= 0.6 is 0 Å². The van der Waals surface area contributed by atoms with E-state index in [9.17, 15) is 28.0 Å². The van der Waals surface area contributed by atoms with Gasteiger partial charge >= 0.3 is 12.2 Å². The quantitative estimate of drug-likeness (QED) is 0.116. The van der Waals surface area contributed by atoms with Gasteiger partial charge in [0.2, 0.25) is 5.91 Å². The molecule has 17 heteroatoms. The van der Waals surface area contributed by atoms with E-state index < -0.39 is 55.0 Å². The van der Waals surface area contributed by atoms with Crippen molar-refractivity contribution in [3.8, 4) is 33.6 Å². The van der Waals surface area contributed by atoms with Crippen molar-refractivity contribution in [3.05, 3.63) is 102 Å². The number of ketones is 1. The molecular weight excluding hydrogens is 813 g/mol. The average molecular weight is 860 g/mol. The standard InChI is InChI=1S/C46H47F2N9O6/c1-24(2)39(55-45(61)63-4)43(59)57-23-46(47,48)18-36(57)42-51-20-34(53-42)26-7-5-25(6-8-26)28-9-10-29-15-30(19-49-33(29)16-28)35-21-50-41(52-35)31-17-37(58)38-32(54-44(60)62-3)12-11-27-13-14-56(22-31)40(27)38/h5-10,13-16,19-21,24,31-32,36,38-39H,11-12,17-18,22-23H2,1-4H3,(H,50,52)(H,51,53)(H,54,60)(H,55,61)/t31-,32-,36-,38?,39-/m0/s1. The highest BCUT2D eigenvalue weighted by Crippen LogP contribution is 2.42.